The number of hydrogen-bond donors (Lipinski definition) is 0. The molecule has 0 amide bonds. The van der Waals surface area contributed by atoms with Gasteiger partial charge in [0.25, 0.3) is 0 Å². The number of nitrogens with zero attached hydrogens (tertiary/aromatic N) is 1. The molecule has 1 fully saturated rings. The normalized spacial score (nSPS) is 24.4. The molecule has 4 rings (SSSR count). The smallest absolute Gasteiger partial charge is 0.0491 e. The number of rotatable bonds is 5. The highest BCUT2D eigenvalue weighted by Crippen LogP contribution is 2.56. The number of allylic oxidation sites excluding steroid dienone is 4. The van der Waals surface area contributed by atoms with Crippen molar-refractivity contribution in [2.45, 2.75) is 85.1 Å². The molecule has 1 aromatic rings. The highest BCUT2D eigenvalue weighted by atomic mass is 15.2. The number of unbranched alkanes of at least 4 members (excludes halogenated alkanes) is 1. The van der Waals surface area contributed by atoms with Gasteiger partial charge in [-0.2, -0.15) is 0 Å². The molecule has 29 heavy (non-hydrogen) atoms. The van der Waals surface area contributed by atoms with Gasteiger partial charge in [-0.3, -0.25) is 0 Å². The van der Waals surface area contributed by atoms with Crippen LogP contribution in [0.25, 0.3) is 5.70 Å². The average molecular weight is 388 g/mol. The summed E-state index contributed by atoms with van der Waals surface area (Å²) in [5.74, 6) is 0.609. The van der Waals surface area contributed by atoms with Gasteiger partial charge in [0.15, 0.2) is 0 Å². The summed E-state index contributed by atoms with van der Waals surface area (Å²) in [6.45, 7) is 20.2. The molecular formula is C28H37N. The Hall–Kier alpha value is -2.02. The quantitative estimate of drug-likeness (QED) is 0.504. The molecule has 3 aliphatic rings. The first kappa shape index (κ1) is 20.3. The molecular weight excluding hydrogens is 350 g/mol. The zero-order valence-electron chi connectivity index (χ0n) is 19.1. The van der Waals surface area contributed by atoms with Crippen molar-refractivity contribution < 1.29 is 0 Å². The van der Waals surface area contributed by atoms with Gasteiger partial charge in [0.1, 0.15) is 0 Å². The summed E-state index contributed by atoms with van der Waals surface area (Å²) in [6.07, 6.45) is 12.1. The Morgan fingerprint density at radius 2 is 1.97 bits per heavy atom. The number of hydrogen-bond acceptors (Lipinski definition) is 1. The van der Waals surface area contributed by atoms with E-state index in [9.17, 15) is 0 Å². The van der Waals surface area contributed by atoms with Crippen LogP contribution < -0.4 is 0 Å². The van der Waals surface area contributed by atoms with E-state index in [4.69, 9.17) is 0 Å². The Balaban J connectivity index is 1.91. The summed E-state index contributed by atoms with van der Waals surface area (Å²) in [5, 5.41) is 0. The Bertz CT molecular complexity index is 924. The molecule has 2 atom stereocenters. The van der Waals surface area contributed by atoms with E-state index in [0.29, 0.717) is 17.4 Å². The van der Waals surface area contributed by atoms with Crippen LogP contribution in [-0.4, -0.2) is 10.9 Å². The van der Waals surface area contributed by atoms with Crippen LogP contribution in [0.15, 0.2) is 54.3 Å². The molecule has 0 aromatic heterocycles. The van der Waals surface area contributed by atoms with Gasteiger partial charge in [-0.15, -0.1) is 0 Å². The van der Waals surface area contributed by atoms with Crippen LogP contribution in [0.1, 0.15) is 88.5 Å². The molecule has 2 heterocycles. The maximum atomic E-state index is 4.37. The van der Waals surface area contributed by atoms with Gasteiger partial charge in [0.05, 0.1) is 0 Å². The SMILES string of the molecule is C=C(C)C1=CN2C(=CC1=C)c1cc(CC)c(CCCC)cc1C1CCC(C)(C)C12. The topological polar surface area (TPSA) is 3.24 Å². The summed E-state index contributed by atoms with van der Waals surface area (Å²) in [4.78, 5) is 2.59. The van der Waals surface area contributed by atoms with Crippen LogP contribution in [-0.2, 0) is 12.8 Å². The Kier molecular flexibility index (Phi) is 5.13. The van der Waals surface area contributed by atoms with E-state index in [-0.39, 0.29) is 0 Å². The second-order valence-corrected chi connectivity index (χ2v) is 10.0. The fourth-order valence-corrected chi connectivity index (χ4v) is 5.88. The highest BCUT2D eigenvalue weighted by Gasteiger charge is 2.50. The predicted molar refractivity (Wildman–Crippen MR) is 126 cm³/mol. The van der Waals surface area contributed by atoms with Gasteiger partial charge < -0.3 is 4.90 Å². The average Bonchev–Trinajstić information content (AvgIpc) is 3.00. The van der Waals surface area contributed by atoms with Gasteiger partial charge in [-0.25, -0.2) is 0 Å². The molecule has 0 saturated heterocycles. The molecule has 2 aliphatic heterocycles. The number of fused-ring (bicyclic) bond motifs is 6. The molecule has 0 N–H and O–H groups in total. The monoisotopic (exact) mass is 387 g/mol. The van der Waals surface area contributed by atoms with Gasteiger partial charge in [-0.05, 0) is 90.0 Å². The molecule has 2 unspecified atom stereocenters. The molecule has 154 valence electrons. The minimum absolute atomic E-state index is 0.295. The van der Waals surface area contributed by atoms with Crippen molar-refractivity contribution in [1.82, 2.24) is 4.90 Å². The molecule has 1 saturated carbocycles. The largest absolute Gasteiger partial charge is 0.343 e. The fraction of sp³-hybridized carbons (Fsp3) is 0.500. The summed E-state index contributed by atoms with van der Waals surface area (Å²) in [6, 6.07) is 5.60. The third-order valence-electron chi connectivity index (χ3n) is 7.47. The van der Waals surface area contributed by atoms with Crippen LogP contribution in [0, 0.1) is 5.41 Å². The Labute approximate surface area is 177 Å². The van der Waals surface area contributed by atoms with Crippen LogP contribution in [0.5, 0.6) is 0 Å². The summed E-state index contributed by atoms with van der Waals surface area (Å²) in [5.41, 5.74) is 11.2. The molecule has 0 bridgehead atoms. The van der Waals surface area contributed by atoms with Crippen molar-refractivity contribution >= 4 is 5.70 Å². The van der Waals surface area contributed by atoms with Gasteiger partial charge in [0, 0.05) is 29.4 Å². The molecule has 1 heteroatoms. The van der Waals surface area contributed by atoms with Crippen LogP contribution >= 0.6 is 0 Å². The molecule has 0 radical (unpaired) electrons. The first-order valence-corrected chi connectivity index (χ1v) is 11.5. The molecule has 1 aliphatic carbocycles. The lowest BCUT2D eigenvalue weighted by Gasteiger charge is -2.48. The minimum atomic E-state index is 0.295. The van der Waals surface area contributed by atoms with E-state index < -0.39 is 0 Å². The first-order valence-electron chi connectivity index (χ1n) is 11.5. The zero-order chi connectivity index (χ0) is 20.9. The van der Waals surface area contributed by atoms with Gasteiger partial charge in [0.2, 0.25) is 0 Å². The van der Waals surface area contributed by atoms with Crippen molar-refractivity contribution in [3.63, 3.8) is 0 Å². The maximum Gasteiger partial charge on any atom is 0.0491 e. The lowest BCUT2D eigenvalue weighted by molar-refractivity contribution is 0.195. The van der Waals surface area contributed by atoms with Crippen LogP contribution in [0.2, 0.25) is 0 Å². The van der Waals surface area contributed by atoms with Crippen LogP contribution in [0.3, 0.4) is 0 Å². The van der Waals surface area contributed by atoms with Gasteiger partial charge >= 0.3 is 0 Å². The second-order valence-electron chi connectivity index (χ2n) is 10.0. The van der Waals surface area contributed by atoms with E-state index >= 15 is 0 Å². The zero-order valence-corrected chi connectivity index (χ0v) is 19.1. The summed E-state index contributed by atoms with van der Waals surface area (Å²) in [7, 11) is 0. The highest BCUT2D eigenvalue weighted by molar-refractivity contribution is 5.78. The van der Waals surface area contributed by atoms with Crippen LogP contribution in [0.4, 0.5) is 0 Å². The predicted octanol–water partition coefficient (Wildman–Crippen LogP) is 7.55. The first-order chi connectivity index (χ1) is 13.8. The summed E-state index contributed by atoms with van der Waals surface area (Å²) < 4.78 is 0. The van der Waals surface area contributed by atoms with E-state index in [1.54, 1.807) is 11.1 Å². The van der Waals surface area contributed by atoms with Crippen molar-refractivity contribution in [2.75, 3.05) is 0 Å². The van der Waals surface area contributed by atoms with Crippen molar-refractivity contribution in [3.8, 4) is 0 Å². The lowest BCUT2D eigenvalue weighted by Crippen LogP contribution is -2.45. The van der Waals surface area contributed by atoms with Crippen molar-refractivity contribution in [1.29, 1.82) is 0 Å². The Morgan fingerprint density at radius 3 is 2.62 bits per heavy atom. The molecule has 1 nitrogen and oxygen atoms in total. The summed E-state index contributed by atoms with van der Waals surface area (Å²) >= 11 is 0. The van der Waals surface area contributed by atoms with E-state index in [1.165, 1.54) is 54.5 Å². The molecule has 1 aromatic carbocycles. The van der Waals surface area contributed by atoms with E-state index in [1.807, 2.05) is 0 Å². The van der Waals surface area contributed by atoms with E-state index in [2.05, 4.69) is 77.1 Å². The van der Waals surface area contributed by atoms with E-state index in [0.717, 1.165) is 17.6 Å². The second kappa shape index (κ2) is 7.35. The Morgan fingerprint density at radius 1 is 1.21 bits per heavy atom. The van der Waals surface area contributed by atoms with Gasteiger partial charge in [-0.1, -0.05) is 53.3 Å². The van der Waals surface area contributed by atoms with Crippen molar-refractivity contribution in [2.24, 2.45) is 5.41 Å². The maximum absolute atomic E-state index is 4.37. The third-order valence-corrected chi connectivity index (χ3v) is 7.47. The standard InChI is InChI=1S/C28H37N/c1-8-10-11-21-16-23-22-12-13-28(6,7)27(22)29-17-25(18(3)4)19(5)14-26(29)24(23)15-20(21)9-2/h14-17,22,27H,3,5,8-13H2,1-2,4,6-7H3. The molecule has 0 spiro atoms. The minimum Gasteiger partial charge on any atom is -0.343 e. The number of benzene rings is 1. The fourth-order valence-electron chi connectivity index (χ4n) is 5.88. The van der Waals surface area contributed by atoms with Crippen molar-refractivity contribution in [3.05, 3.63) is 76.5 Å². The third kappa shape index (κ3) is 3.23. The number of aryl methyl sites for hydroxylation is 2. The lowest BCUT2D eigenvalue weighted by atomic mass is 9.74.